The van der Waals surface area contributed by atoms with Gasteiger partial charge in [-0.25, -0.2) is 9.97 Å². The Morgan fingerprint density at radius 2 is 1.00 bits per heavy atom. The minimum atomic E-state index is 0.0502. The quantitative estimate of drug-likeness (QED) is 0.221. The molecule has 0 aliphatic heterocycles. The summed E-state index contributed by atoms with van der Waals surface area (Å²) in [6.07, 6.45) is 0. The molecule has 4 rings (SSSR count). The van der Waals surface area contributed by atoms with E-state index in [0.29, 0.717) is 13.1 Å². The maximum absolute atomic E-state index is 9.82. The average Bonchev–Trinajstić information content (AvgIpc) is 3.43. The lowest BCUT2D eigenvalue weighted by Gasteiger charge is -2.13. The number of nitrogens with zero attached hydrogens (tertiary/aromatic N) is 4. The maximum atomic E-state index is 9.82. The Bertz CT molecular complexity index is 1170. The zero-order valence-corrected chi connectivity index (χ0v) is 22.9. The third-order valence-electron chi connectivity index (χ3n) is 5.90. The Balaban J connectivity index is 1.80. The van der Waals surface area contributed by atoms with E-state index in [1.54, 1.807) is 21.6 Å². The second kappa shape index (κ2) is 12.1. The largest absolute Gasteiger partial charge is 0.395 e. The molecule has 0 saturated carbocycles. The van der Waals surface area contributed by atoms with Crippen molar-refractivity contribution in [1.82, 2.24) is 19.1 Å². The average molecular weight is 523 g/mol. The third-order valence-corrected chi connectivity index (χ3v) is 8.07. The highest BCUT2D eigenvalue weighted by molar-refractivity contribution is 8.76. The molecule has 190 valence electrons. The minimum Gasteiger partial charge on any atom is -0.395 e. The summed E-state index contributed by atoms with van der Waals surface area (Å²) in [4.78, 5) is 10.1. The van der Waals surface area contributed by atoms with Crippen LogP contribution in [0.4, 0.5) is 0 Å². The molecule has 2 aromatic carbocycles. The molecule has 0 unspecified atom stereocenters. The van der Waals surface area contributed by atoms with E-state index in [1.807, 2.05) is 36.4 Å². The van der Waals surface area contributed by atoms with Gasteiger partial charge in [-0.2, -0.15) is 0 Å². The van der Waals surface area contributed by atoms with Gasteiger partial charge in [-0.3, -0.25) is 0 Å². The molecule has 0 amide bonds. The van der Waals surface area contributed by atoms with Gasteiger partial charge in [-0.15, -0.1) is 0 Å². The van der Waals surface area contributed by atoms with Crippen LogP contribution >= 0.6 is 21.6 Å². The second-order valence-electron chi connectivity index (χ2n) is 9.21. The number of aliphatic hydroxyl groups excluding tert-OH is 2. The summed E-state index contributed by atoms with van der Waals surface area (Å²) in [5.41, 5.74) is 4.19. The predicted octanol–water partition coefficient (Wildman–Crippen LogP) is 6.44. The first kappa shape index (κ1) is 26.5. The van der Waals surface area contributed by atoms with Crippen LogP contribution < -0.4 is 0 Å². The lowest BCUT2D eigenvalue weighted by molar-refractivity contribution is 0.274. The van der Waals surface area contributed by atoms with Crippen LogP contribution in [-0.2, 0) is 13.1 Å². The molecule has 8 heteroatoms. The molecule has 0 fully saturated rings. The van der Waals surface area contributed by atoms with Crippen molar-refractivity contribution < 1.29 is 10.2 Å². The lowest BCUT2D eigenvalue weighted by atomic mass is 10.1. The number of benzene rings is 2. The van der Waals surface area contributed by atoms with E-state index < -0.39 is 0 Å². The molecule has 2 aromatic heterocycles. The van der Waals surface area contributed by atoms with Crippen LogP contribution in [0.25, 0.3) is 22.5 Å². The van der Waals surface area contributed by atoms with Crippen LogP contribution in [0.5, 0.6) is 0 Å². The van der Waals surface area contributed by atoms with Crippen LogP contribution in [0.15, 0.2) is 70.7 Å². The van der Waals surface area contributed by atoms with E-state index in [0.717, 1.165) is 44.2 Å². The SMILES string of the molecule is CC(C)c1nc(SSc2nc(C(C)C)n(CCO)c2-c2ccccc2)c(-c2ccccc2)n1CCO. The number of rotatable bonds is 11. The standard InChI is InChI=1S/C28H34N4O2S2/c1-19(2)25-29-27(23(31(25)15-17-33)21-11-7-5-8-12-21)35-36-28-24(22-13-9-6-10-14-22)32(16-18-34)26(30-28)20(3)4/h5-14,19-20,33-34H,15-18H2,1-4H3. The zero-order chi connectivity index (χ0) is 25.7. The third kappa shape index (κ3) is 5.57. The van der Waals surface area contributed by atoms with Gasteiger partial charge in [0.2, 0.25) is 0 Å². The highest BCUT2D eigenvalue weighted by Gasteiger charge is 2.24. The van der Waals surface area contributed by atoms with E-state index in [2.05, 4.69) is 61.1 Å². The first-order valence-corrected chi connectivity index (χ1v) is 14.5. The molecule has 4 aromatic rings. The van der Waals surface area contributed by atoms with Gasteiger partial charge in [0.25, 0.3) is 0 Å². The fourth-order valence-corrected chi connectivity index (χ4v) is 6.58. The van der Waals surface area contributed by atoms with Gasteiger partial charge in [-0.05, 0) is 21.6 Å². The lowest BCUT2D eigenvalue weighted by Crippen LogP contribution is -2.09. The van der Waals surface area contributed by atoms with Crippen molar-refractivity contribution >= 4 is 21.6 Å². The number of aliphatic hydroxyl groups is 2. The Morgan fingerprint density at radius 1 is 0.639 bits per heavy atom. The molecule has 0 radical (unpaired) electrons. The van der Waals surface area contributed by atoms with Gasteiger partial charge in [-0.1, -0.05) is 88.4 Å². The van der Waals surface area contributed by atoms with Gasteiger partial charge in [0.1, 0.15) is 21.7 Å². The molecule has 0 aliphatic rings. The maximum Gasteiger partial charge on any atom is 0.133 e. The fourth-order valence-electron chi connectivity index (χ4n) is 4.37. The minimum absolute atomic E-state index is 0.0502. The topological polar surface area (TPSA) is 76.1 Å². The van der Waals surface area contributed by atoms with Crippen LogP contribution in [0.2, 0.25) is 0 Å². The summed E-state index contributed by atoms with van der Waals surface area (Å²) < 4.78 is 4.29. The van der Waals surface area contributed by atoms with Crippen molar-refractivity contribution in [3.63, 3.8) is 0 Å². The Labute approximate surface area is 221 Å². The van der Waals surface area contributed by atoms with E-state index in [-0.39, 0.29) is 25.0 Å². The normalized spacial score (nSPS) is 11.7. The summed E-state index contributed by atoms with van der Waals surface area (Å²) in [5, 5.41) is 21.5. The van der Waals surface area contributed by atoms with Crippen LogP contribution in [0, 0.1) is 0 Å². The highest BCUT2D eigenvalue weighted by atomic mass is 33.1. The monoisotopic (exact) mass is 522 g/mol. The summed E-state index contributed by atoms with van der Waals surface area (Å²) in [6.45, 7) is 9.61. The van der Waals surface area contributed by atoms with Gasteiger partial charge in [0.05, 0.1) is 24.6 Å². The van der Waals surface area contributed by atoms with Gasteiger partial charge >= 0.3 is 0 Å². The number of imidazole rings is 2. The van der Waals surface area contributed by atoms with Crippen molar-refractivity contribution in [2.75, 3.05) is 13.2 Å². The van der Waals surface area contributed by atoms with Gasteiger partial charge in [0.15, 0.2) is 0 Å². The zero-order valence-electron chi connectivity index (χ0n) is 21.3. The Kier molecular flexibility index (Phi) is 8.95. The Morgan fingerprint density at radius 3 is 1.31 bits per heavy atom. The second-order valence-corrected chi connectivity index (χ2v) is 11.3. The molecule has 0 bridgehead atoms. The number of aromatic nitrogens is 4. The van der Waals surface area contributed by atoms with Gasteiger partial charge in [0, 0.05) is 36.1 Å². The van der Waals surface area contributed by atoms with E-state index in [1.165, 1.54) is 0 Å². The van der Waals surface area contributed by atoms with Crippen molar-refractivity contribution in [3.05, 3.63) is 72.3 Å². The molecule has 6 nitrogen and oxygen atoms in total. The van der Waals surface area contributed by atoms with Crippen molar-refractivity contribution in [1.29, 1.82) is 0 Å². The first-order chi connectivity index (χ1) is 17.5. The predicted molar refractivity (Wildman–Crippen MR) is 149 cm³/mol. The van der Waals surface area contributed by atoms with E-state index >= 15 is 0 Å². The fraction of sp³-hybridized carbons (Fsp3) is 0.357. The van der Waals surface area contributed by atoms with E-state index in [4.69, 9.17) is 9.97 Å². The molecule has 2 heterocycles. The molecular formula is C28H34N4O2S2. The van der Waals surface area contributed by atoms with E-state index in [9.17, 15) is 10.2 Å². The Hall–Kier alpha value is -2.52. The molecule has 0 spiro atoms. The molecule has 0 aliphatic carbocycles. The van der Waals surface area contributed by atoms with Crippen LogP contribution in [0.3, 0.4) is 0 Å². The summed E-state index contributed by atoms with van der Waals surface area (Å²) in [6, 6.07) is 20.5. The smallest absolute Gasteiger partial charge is 0.133 e. The van der Waals surface area contributed by atoms with Crippen molar-refractivity contribution in [2.45, 2.75) is 62.7 Å². The molecule has 0 saturated heterocycles. The number of hydrogen-bond acceptors (Lipinski definition) is 6. The molecular weight excluding hydrogens is 488 g/mol. The van der Waals surface area contributed by atoms with Crippen LogP contribution in [-0.4, -0.2) is 42.5 Å². The molecule has 36 heavy (non-hydrogen) atoms. The highest BCUT2D eigenvalue weighted by Crippen LogP contribution is 2.46. The number of hydrogen-bond donors (Lipinski definition) is 2. The summed E-state index contributed by atoms with van der Waals surface area (Å²) >= 11 is 0. The summed E-state index contributed by atoms with van der Waals surface area (Å²) in [5.74, 6) is 2.36. The van der Waals surface area contributed by atoms with Crippen LogP contribution in [0.1, 0.15) is 51.2 Å². The van der Waals surface area contributed by atoms with Crippen molar-refractivity contribution in [2.24, 2.45) is 0 Å². The first-order valence-electron chi connectivity index (χ1n) is 12.3. The molecule has 0 atom stereocenters. The molecule has 2 N–H and O–H groups in total. The summed E-state index contributed by atoms with van der Waals surface area (Å²) in [7, 11) is 3.20. The van der Waals surface area contributed by atoms with Gasteiger partial charge < -0.3 is 19.3 Å². The van der Waals surface area contributed by atoms with Crippen molar-refractivity contribution in [3.8, 4) is 22.5 Å².